The van der Waals surface area contributed by atoms with Crippen LogP contribution in [0.4, 0.5) is 10.6 Å². The van der Waals surface area contributed by atoms with Gasteiger partial charge in [0.2, 0.25) is 0 Å². The summed E-state index contributed by atoms with van der Waals surface area (Å²) in [5, 5.41) is 0. The number of ether oxygens (including phenoxy) is 3. The first-order valence-electron chi connectivity index (χ1n) is 8.56. The van der Waals surface area contributed by atoms with Crippen molar-refractivity contribution in [1.29, 1.82) is 0 Å². The first-order valence-corrected chi connectivity index (χ1v) is 8.56. The summed E-state index contributed by atoms with van der Waals surface area (Å²) in [6.45, 7) is 7.42. The molecule has 0 N–H and O–H groups in total. The molecular weight excluding hydrogens is 354 g/mol. The molecule has 0 spiro atoms. The standard InChI is InChI=1S/C18H25N3O6/c1-18(2,3)27-17(24)21-8-6-20(7-9-21)14-10-12(15(22)25-4)13(11-19-14)16(23)26-5/h10-11H,6-9H2,1-5H3. The highest BCUT2D eigenvalue weighted by molar-refractivity contribution is 6.03. The zero-order chi connectivity index (χ0) is 20.2. The second-order valence-electron chi connectivity index (χ2n) is 7.03. The van der Waals surface area contributed by atoms with Crippen molar-refractivity contribution in [2.24, 2.45) is 0 Å². The summed E-state index contributed by atoms with van der Waals surface area (Å²) in [5.74, 6) is -0.789. The Bertz CT molecular complexity index is 720. The summed E-state index contributed by atoms with van der Waals surface area (Å²) in [6.07, 6.45) is 0.944. The number of pyridine rings is 1. The first-order chi connectivity index (χ1) is 12.7. The Kier molecular flexibility index (Phi) is 6.24. The van der Waals surface area contributed by atoms with Crippen LogP contribution in [0.5, 0.6) is 0 Å². The van der Waals surface area contributed by atoms with Crippen LogP contribution in [-0.4, -0.2) is 73.9 Å². The van der Waals surface area contributed by atoms with Crippen LogP contribution in [0.25, 0.3) is 0 Å². The lowest BCUT2D eigenvalue weighted by Crippen LogP contribution is -2.50. The van der Waals surface area contributed by atoms with Gasteiger partial charge >= 0.3 is 18.0 Å². The zero-order valence-corrected chi connectivity index (χ0v) is 16.3. The minimum absolute atomic E-state index is 0.0421. The molecule has 2 heterocycles. The molecule has 2 rings (SSSR count). The molecular formula is C18H25N3O6. The Balaban J connectivity index is 2.13. The van der Waals surface area contributed by atoms with Crippen molar-refractivity contribution in [3.05, 3.63) is 23.4 Å². The third kappa shape index (κ3) is 5.08. The Morgan fingerprint density at radius 2 is 1.52 bits per heavy atom. The average molecular weight is 379 g/mol. The van der Waals surface area contributed by atoms with E-state index in [1.165, 1.54) is 26.5 Å². The Morgan fingerprint density at radius 3 is 2.04 bits per heavy atom. The van der Waals surface area contributed by atoms with Gasteiger partial charge in [-0.2, -0.15) is 0 Å². The van der Waals surface area contributed by atoms with Crippen molar-refractivity contribution >= 4 is 23.8 Å². The van der Waals surface area contributed by atoms with Gasteiger partial charge in [0.15, 0.2) is 0 Å². The van der Waals surface area contributed by atoms with Crippen molar-refractivity contribution in [2.75, 3.05) is 45.3 Å². The number of carbonyl (C=O) groups is 3. The zero-order valence-electron chi connectivity index (χ0n) is 16.3. The number of amides is 1. The molecule has 1 amide bonds. The molecule has 1 saturated heterocycles. The van der Waals surface area contributed by atoms with Gasteiger partial charge in [-0.05, 0) is 26.8 Å². The van der Waals surface area contributed by atoms with Gasteiger partial charge in [0.25, 0.3) is 0 Å². The van der Waals surface area contributed by atoms with Crippen LogP contribution in [0.1, 0.15) is 41.5 Å². The minimum atomic E-state index is -0.663. The van der Waals surface area contributed by atoms with Gasteiger partial charge in [-0.25, -0.2) is 19.4 Å². The number of methoxy groups -OCH3 is 2. The smallest absolute Gasteiger partial charge is 0.410 e. The summed E-state index contributed by atoms with van der Waals surface area (Å²) in [6, 6.07) is 1.50. The molecule has 0 radical (unpaired) electrons. The van der Waals surface area contributed by atoms with E-state index in [2.05, 4.69) is 9.72 Å². The number of hydrogen-bond donors (Lipinski definition) is 0. The quantitative estimate of drug-likeness (QED) is 0.578. The number of carbonyl (C=O) groups excluding carboxylic acids is 3. The lowest BCUT2D eigenvalue weighted by molar-refractivity contribution is 0.0240. The molecule has 27 heavy (non-hydrogen) atoms. The van der Waals surface area contributed by atoms with Crippen LogP contribution in [0, 0.1) is 0 Å². The summed E-state index contributed by atoms with van der Waals surface area (Å²) in [5.41, 5.74) is -0.418. The molecule has 0 aliphatic carbocycles. The van der Waals surface area contributed by atoms with E-state index < -0.39 is 17.5 Å². The molecule has 1 aromatic rings. The molecule has 0 aromatic carbocycles. The van der Waals surface area contributed by atoms with Gasteiger partial charge in [-0.15, -0.1) is 0 Å². The average Bonchev–Trinajstić information content (AvgIpc) is 2.65. The van der Waals surface area contributed by atoms with Crippen LogP contribution < -0.4 is 4.90 Å². The van der Waals surface area contributed by atoms with Gasteiger partial charge < -0.3 is 24.0 Å². The van der Waals surface area contributed by atoms with Crippen molar-refractivity contribution in [3.63, 3.8) is 0 Å². The molecule has 1 aliphatic heterocycles. The van der Waals surface area contributed by atoms with E-state index in [9.17, 15) is 14.4 Å². The molecule has 0 bridgehead atoms. The Hall–Kier alpha value is -2.84. The van der Waals surface area contributed by atoms with Crippen LogP contribution in [0.2, 0.25) is 0 Å². The van der Waals surface area contributed by atoms with Crippen molar-refractivity contribution in [1.82, 2.24) is 9.88 Å². The summed E-state index contributed by atoms with van der Waals surface area (Å²) in [4.78, 5) is 43.8. The van der Waals surface area contributed by atoms with Gasteiger partial charge in [-0.1, -0.05) is 0 Å². The maximum absolute atomic E-state index is 12.1. The topological polar surface area (TPSA) is 98.3 Å². The Labute approximate surface area is 158 Å². The highest BCUT2D eigenvalue weighted by Crippen LogP contribution is 2.20. The summed E-state index contributed by atoms with van der Waals surface area (Å²) in [7, 11) is 2.47. The molecule has 0 saturated carbocycles. The highest BCUT2D eigenvalue weighted by Gasteiger charge is 2.27. The fraction of sp³-hybridized carbons (Fsp3) is 0.556. The second kappa shape index (κ2) is 8.24. The summed E-state index contributed by atoms with van der Waals surface area (Å²) >= 11 is 0. The monoisotopic (exact) mass is 379 g/mol. The van der Waals surface area contributed by atoms with E-state index in [1.54, 1.807) is 4.90 Å². The molecule has 9 heteroatoms. The maximum Gasteiger partial charge on any atom is 0.410 e. The van der Waals surface area contributed by atoms with Crippen LogP contribution >= 0.6 is 0 Å². The van der Waals surface area contributed by atoms with E-state index in [1.807, 2.05) is 25.7 Å². The fourth-order valence-corrected chi connectivity index (χ4v) is 2.61. The molecule has 1 fully saturated rings. The number of rotatable bonds is 3. The lowest BCUT2D eigenvalue weighted by Gasteiger charge is -2.36. The van der Waals surface area contributed by atoms with Gasteiger partial charge in [0, 0.05) is 32.4 Å². The van der Waals surface area contributed by atoms with E-state index in [0.717, 1.165) is 0 Å². The SMILES string of the molecule is COC(=O)c1cnc(N2CCN(C(=O)OC(C)(C)C)CC2)cc1C(=O)OC. The normalized spacial score (nSPS) is 14.6. The minimum Gasteiger partial charge on any atom is -0.465 e. The van der Waals surface area contributed by atoms with Crippen LogP contribution in [0.15, 0.2) is 12.3 Å². The van der Waals surface area contributed by atoms with Crippen molar-refractivity contribution in [2.45, 2.75) is 26.4 Å². The number of esters is 2. The number of aromatic nitrogens is 1. The third-order valence-corrected chi connectivity index (χ3v) is 3.96. The second-order valence-corrected chi connectivity index (χ2v) is 7.03. The number of hydrogen-bond acceptors (Lipinski definition) is 8. The van der Waals surface area contributed by atoms with Gasteiger partial charge in [0.1, 0.15) is 11.4 Å². The lowest BCUT2D eigenvalue weighted by atomic mass is 10.1. The first kappa shape index (κ1) is 20.5. The van der Waals surface area contributed by atoms with Crippen molar-refractivity contribution in [3.8, 4) is 0 Å². The molecule has 1 aliphatic rings. The van der Waals surface area contributed by atoms with E-state index in [-0.39, 0.29) is 17.2 Å². The maximum atomic E-state index is 12.1. The van der Waals surface area contributed by atoms with Crippen LogP contribution in [0.3, 0.4) is 0 Å². The molecule has 0 atom stereocenters. The molecule has 0 unspecified atom stereocenters. The fourth-order valence-electron chi connectivity index (χ4n) is 2.61. The molecule has 1 aromatic heterocycles. The van der Waals surface area contributed by atoms with Crippen molar-refractivity contribution < 1.29 is 28.6 Å². The number of nitrogens with zero attached hydrogens (tertiary/aromatic N) is 3. The highest BCUT2D eigenvalue weighted by atomic mass is 16.6. The van der Waals surface area contributed by atoms with Gasteiger partial charge in [0.05, 0.1) is 25.3 Å². The Morgan fingerprint density at radius 1 is 0.963 bits per heavy atom. The predicted molar refractivity (Wildman–Crippen MR) is 96.9 cm³/mol. The molecule has 148 valence electrons. The molecule has 9 nitrogen and oxygen atoms in total. The predicted octanol–water partition coefficient (Wildman–Crippen LogP) is 1.71. The van der Waals surface area contributed by atoms with E-state index in [4.69, 9.17) is 9.47 Å². The number of anilines is 1. The van der Waals surface area contributed by atoms with E-state index >= 15 is 0 Å². The van der Waals surface area contributed by atoms with Gasteiger partial charge in [-0.3, -0.25) is 0 Å². The third-order valence-electron chi connectivity index (χ3n) is 3.96. The number of piperazine rings is 1. The summed E-state index contributed by atoms with van der Waals surface area (Å²) < 4.78 is 14.8. The van der Waals surface area contributed by atoms with E-state index in [0.29, 0.717) is 32.0 Å². The largest absolute Gasteiger partial charge is 0.465 e. The van der Waals surface area contributed by atoms with Crippen LogP contribution in [-0.2, 0) is 14.2 Å².